The van der Waals surface area contributed by atoms with E-state index in [4.69, 9.17) is 4.74 Å². The molecule has 0 spiro atoms. The van der Waals surface area contributed by atoms with Crippen molar-refractivity contribution < 1.29 is 32.0 Å². The van der Waals surface area contributed by atoms with Gasteiger partial charge in [-0.05, 0) is 6.07 Å². The van der Waals surface area contributed by atoms with Gasteiger partial charge in [0.1, 0.15) is 19.0 Å². The number of rotatable bonds is 6. The highest BCUT2D eigenvalue weighted by Crippen LogP contribution is 2.22. The van der Waals surface area contributed by atoms with Crippen LogP contribution in [-0.2, 0) is 4.74 Å². The van der Waals surface area contributed by atoms with Crippen LogP contribution in [0.15, 0.2) is 18.2 Å². The van der Waals surface area contributed by atoms with Gasteiger partial charge in [-0.15, -0.1) is 0 Å². The van der Waals surface area contributed by atoms with Gasteiger partial charge in [-0.1, -0.05) is 0 Å². The minimum absolute atomic E-state index is 0.0290. The molecule has 0 saturated heterocycles. The van der Waals surface area contributed by atoms with Crippen molar-refractivity contribution in [3.63, 3.8) is 0 Å². The summed E-state index contributed by atoms with van der Waals surface area (Å²) in [5.74, 6) is -1.11. The fraction of sp³-hybridized carbons (Fsp3) is 0.400. The van der Waals surface area contributed by atoms with E-state index in [1.54, 1.807) is 0 Å². The summed E-state index contributed by atoms with van der Waals surface area (Å²) in [5.41, 5.74) is -0.708. The molecule has 0 aromatic heterocycles. The molecule has 0 amide bonds. The highest BCUT2D eigenvalue weighted by Gasteiger charge is 2.27. The summed E-state index contributed by atoms with van der Waals surface area (Å²) in [5, 5.41) is 10.3. The Labute approximate surface area is 104 Å². The number of nitrogens with zero attached hydrogens (tertiary/aromatic N) is 1. The van der Waals surface area contributed by atoms with Crippen LogP contribution in [0.3, 0.4) is 0 Å². The predicted molar refractivity (Wildman–Crippen MR) is 55.4 cm³/mol. The molecule has 0 atom stereocenters. The lowest BCUT2D eigenvalue weighted by Crippen LogP contribution is -2.19. The van der Waals surface area contributed by atoms with Gasteiger partial charge < -0.3 is 9.47 Å². The normalized spacial score (nSPS) is 11.4. The van der Waals surface area contributed by atoms with Crippen LogP contribution in [0, 0.1) is 15.9 Å². The summed E-state index contributed by atoms with van der Waals surface area (Å²) in [7, 11) is 0. The first-order valence-electron chi connectivity index (χ1n) is 5.01. The molecule has 1 aromatic carbocycles. The second-order valence-electron chi connectivity index (χ2n) is 3.39. The highest BCUT2D eigenvalue weighted by molar-refractivity contribution is 5.37. The molecule has 9 heteroatoms. The third-order valence-electron chi connectivity index (χ3n) is 1.88. The van der Waals surface area contributed by atoms with Crippen LogP contribution in [0.5, 0.6) is 5.75 Å². The molecule has 0 fully saturated rings. The van der Waals surface area contributed by atoms with E-state index in [2.05, 4.69) is 4.74 Å². The molecule has 5 nitrogen and oxygen atoms in total. The van der Waals surface area contributed by atoms with Gasteiger partial charge in [-0.25, -0.2) is 0 Å². The van der Waals surface area contributed by atoms with Gasteiger partial charge in [0.25, 0.3) is 0 Å². The Balaban J connectivity index is 2.38. The van der Waals surface area contributed by atoms with Crippen molar-refractivity contribution in [2.45, 2.75) is 6.18 Å². The van der Waals surface area contributed by atoms with Crippen LogP contribution in [0.1, 0.15) is 0 Å². The van der Waals surface area contributed by atoms with E-state index in [-0.39, 0.29) is 19.0 Å². The van der Waals surface area contributed by atoms with Crippen LogP contribution in [0.4, 0.5) is 23.2 Å². The average Bonchev–Trinajstić information content (AvgIpc) is 2.26. The zero-order chi connectivity index (χ0) is 14.5. The number of hydrogen-bond acceptors (Lipinski definition) is 4. The first-order chi connectivity index (χ1) is 8.79. The molecule has 0 aliphatic rings. The molecule has 0 heterocycles. The number of benzene rings is 1. The Kier molecular flexibility index (Phi) is 5.04. The fourth-order valence-corrected chi connectivity index (χ4v) is 1.13. The molecular formula is C10H9F4NO4. The van der Waals surface area contributed by atoms with Crippen LogP contribution in [0.2, 0.25) is 0 Å². The number of nitro benzene ring substituents is 1. The third-order valence-corrected chi connectivity index (χ3v) is 1.88. The molecule has 0 aliphatic heterocycles. The average molecular weight is 283 g/mol. The lowest BCUT2D eigenvalue weighted by atomic mass is 10.3. The molecular weight excluding hydrogens is 274 g/mol. The van der Waals surface area contributed by atoms with Gasteiger partial charge >= 0.3 is 11.9 Å². The summed E-state index contributed by atoms with van der Waals surface area (Å²) in [6.45, 7) is -1.96. The van der Waals surface area contributed by atoms with E-state index in [1.807, 2.05) is 0 Å². The van der Waals surface area contributed by atoms with Crippen molar-refractivity contribution in [1.82, 2.24) is 0 Å². The van der Waals surface area contributed by atoms with Gasteiger partial charge in [0.05, 0.1) is 11.5 Å². The van der Waals surface area contributed by atoms with E-state index >= 15 is 0 Å². The number of alkyl halides is 3. The number of halogens is 4. The summed E-state index contributed by atoms with van der Waals surface area (Å²) in [4.78, 5) is 9.43. The van der Waals surface area contributed by atoms with Crippen LogP contribution >= 0.6 is 0 Å². The molecule has 0 radical (unpaired) electrons. The monoisotopic (exact) mass is 283 g/mol. The van der Waals surface area contributed by atoms with E-state index < -0.39 is 29.2 Å². The van der Waals surface area contributed by atoms with Gasteiger partial charge in [0.15, 0.2) is 0 Å². The van der Waals surface area contributed by atoms with Crippen molar-refractivity contribution in [3.05, 3.63) is 34.1 Å². The van der Waals surface area contributed by atoms with Crippen molar-refractivity contribution in [2.24, 2.45) is 0 Å². The maximum Gasteiger partial charge on any atom is 0.411 e. The van der Waals surface area contributed by atoms with Gasteiger partial charge in [0, 0.05) is 12.1 Å². The molecule has 0 N–H and O–H groups in total. The van der Waals surface area contributed by atoms with Gasteiger partial charge in [-0.3, -0.25) is 10.1 Å². The fourth-order valence-electron chi connectivity index (χ4n) is 1.13. The Morgan fingerprint density at radius 3 is 2.47 bits per heavy atom. The second kappa shape index (κ2) is 6.32. The summed E-state index contributed by atoms with van der Waals surface area (Å²) in [6.07, 6.45) is -4.42. The van der Waals surface area contributed by atoms with Crippen molar-refractivity contribution in [1.29, 1.82) is 0 Å². The maximum absolute atomic E-state index is 13.1. The van der Waals surface area contributed by atoms with E-state index in [1.165, 1.54) is 0 Å². The Morgan fingerprint density at radius 2 is 1.95 bits per heavy atom. The zero-order valence-corrected chi connectivity index (χ0v) is 9.45. The smallest absolute Gasteiger partial charge is 0.411 e. The molecule has 19 heavy (non-hydrogen) atoms. The standard InChI is InChI=1S/C10H9F4NO4/c11-8-5-7(1-2-9(8)15(16)17)19-4-3-18-6-10(12,13)14/h1-2,5H,3-4,6H2. The molecule has 0 saturated carbocycles. The summed E-state index contributed by atoms with van der Waals surface area (Å²) >= 11 is 0. The van der Waals surface area contributed by atoms with Gasteiger partial charge in [0.2, 0.25) is 5.82 Å². The minimum Gasteiger partial charge on any atom is -0.491 e. The number of nitro groups is 1. The molecule has 1 aromatic rings. The highest BCUT2D eigenvalue weighted by atomic mass is 19.4. The summed E-state index contributed by atoms with van der Waals surface area (Å²) < 4.78 is 57.4. The largest absolute Gasteiger partial charge is 0.491 e. The number of hydrogen-bond donors (Lipinski definition) is 0. The molecule has 1 rings (SSSR count). The molecule has 0 unspecified atom stereocenters. The second-order valence-corrected chi connectivity index (χ2v) is 3.39. The van der Waals surface area contributed by atoms with E-state index in [0.717, 1.165) is 18.2 Å². The zero-order valence-electron chi connectivity index (χ0n) is 9.45. The summed E-state index contributed by atoms with van der Waals surface area (Å²) in [6, 6.07) is 2.83. The van der Waals surface area contributed by atoms with Crippen molar-refractivity contribution in [2.75, 3.05) is 19.8 Å². The Bertz CT molecular complexity index is 450. The Morgan fingerprint density at radius 1 is 1.26 bits per heavy atom. The third kappa shape index (κ3) is 5.51. The lowest BCUT2D eigenvalue weighted by molar-refractivity contribution is -0.387. The topological polar surface area (TPSA) is 61.6 Å². The quantitative estimate of drug-likeness (QED) is 0.348. The SMILES string of the molecule is O=[N+]([O-])c1ccc(OCCOCC(F)(F)F)cc1F. The first kappa shape index (κ1) is 15.2. The lowest BCUT2D eigenvalue weighted by Gasteiger charge is -2.09. The van der Waals surface area contributed by atoms with Crippen LogP contribution in [-0.4, -0.2) is 30.9 Å². The van der Waals surface area contributed by atoms with Crippen LogP contribution in [0.25, 0.3) is 0 Å². The van der Waals surface area contributed by atoms with Crippen LogP contribution < -0.4 is 4.74 Å². The molecule has 106 valence electrons. The van der Waals surface area contributed by atoms with Gasteiger partial charge in [-0.2, -0.15) is 17.6 Å². The van der Waals surface area contributed by atoms with E-state index in [9.17, 15) is 27.7 Å². The molecule has 0 aliphatic carbocycles. The Hall–Kier alpha value is -1.90. The predicted octanol–water partition coefficient (Wildman–Crippen LogP) is 2.69. The first-order valence-corrected chi connectivity index (χ1v) is 5.01. The number of ether oxygens (including phenoxy) is 2. The van der Waals surface area contributed by atoms with Crippen molar-refractivity contribution in [3.8, 4) is 5.75 Å². The van der Waals surface area contributed by atoms with E-state index in [0.29, 0.717) is 0 Å². The maximum atomic E-state index is 13.1. The molecule has 0 bridgehead atoms. The van der Waals surface area contributed by atoms with Crippen molar-refractivity contribution >= 4 is 5.69 Å². The minimum atomic E-state index is -4.42.